The van der Waals surface area contributed by atoms with Gasteiger partial charge in [-0.3, -0.25) is 4.79 Å². The Morgan fingerprint density at radius 3 is 2.82 bits per heavy atom. The fourth-order valence-electron chi connectivity index (χ4n) is 3.67. The molecule has 4 heteroatoms. The van der Waals surface area contributed by atoms with Gasteiger partial charge in [0.2, 0.25) is 0 Å². The molecule has 2 aliphatic rings. The Hall–Kier alpha value is -1.94. The number of halogens is 1. The third kappa shape index (κ3) is 2.18. The number of benzene rings is 2. The molecule has 0 aromatic heterocycles. The molecule has 3 atom stereocenters. The number of rotatable bonds is 2. The first kappa shape index (κ1) is 13.7. The Morgan fingerprint density at radius 2 is 2.00 bits per heavy atom. The molecule has 3 nitrogen and oxygen atoms in total. The van der Waals surface area contributed by atoms with Crippen molar-refractivity contribution in [3.05, 3.63) is 47.8 Å². The minimum atomic E-state index is -0.295. The van der Waals surface area contributed by atoms with Crippen LogP contribution in [-0.2, 0) is 4.74 Å². The number of carbonyl (C=O) groups is 1. The molecule has 4 rings (SSSR count). The summed E-state index contributed by atoms with van der Waals surface area (Å²) in [5.74, 6) is 0.0196. The average Bonchev–Trinajstić information content (AvgIpc) is 2.53. The summed E-state index contributed by atoms with van der Waals surface area (Å²) < 4.78 is 19.5. The third-order valence-electron chi connectivity index (χ3n) is 4.93. The van der Waals surface area contributed by atoms with Gasteiger partial charge in [-0.15, -0.1) is 0 Å². The summed E-state index contributed by atoms with van der Waals surface area (Å²) in [6, 6.07) is 10.2. The van der Waals surface area contributed by atoms with Crippen LogP contribution in [0.1, 0.15) is 29.6 Å². The Morgan fingerprint density at radius 1 is 1.18 bits per heavy atom. The van der Waals surface area contributed by atoms with Gasteiger partial charge in [0.05, 0.1) is 6.10 Å². The lowest BCUT2D eigenvalue weighted by Gasteiger charge is -2.47. The zero-order chi connectivity index (χ0) is 15.1. The van der Waals surface area contributed by atoms with Gasteiger partial charge in [-0.2, -0.15) is 0 Å². The molecule has 0 radical (unpaired) electrons. The van der Waals surface area contributed by atoms with Gasteiger partial charge in [0.25, 0.3) is 5.91 Å². The molecule has 2 fully saturated rings. The molecule has 0 spiro atoms. The first-order valence-electron chi connectivity index (χ1n) is 7.84. The maximum atomic E-state index is 13.8. The standard InChI is InChI=1S/C18H18FNO2/c19-15-8-7-13(11-4-1-2-5-12(11)15)18(21)20-16-10-17-14(16)6-3-9-22-17/h1-2,4-5,7-8,14,16-17H,3,6,9-10H2,(H,20,21)/t14-,16+,17-/m0/s1. The van der Waals surface area contributed by atoms with E-state index in [4.69, 9.17) is 4.74 Å². The highest BCUT2D eigenvalue weighted by molar-refractivity contribution is 6.07. The molecule has 1 heterocycles. The molecule has 1 aliphatic heterocycles. The van der Waals surface area contributed by atoms with Crippen molar-refractivity contribution in [1.82, 2.24) is 5.32 Å². The molecule has 0 unspecified atom stereocenters. The van der Waals surface area contributed by atoms with Crippen molar-refractivity contribution >= 4 is 16.7 Å². The first-order chi connectivity index (χ1) is 10.7. The monoisotopic (exact) mass is 299 g/mol. The molecule has 1 saturated carbocycles. The second kappa shape index (κ2) is 5.36. The topological polar surface area (TPSA) is 38.3 Å². The summed E-state index contributed by atoms with van der Waals surface area (Å²) in [6.45, 7) is 0.838. The van der Waals surface area contributed by atoms with E-state index in [1.54, 1.807) is 24.3 Å². The summed E-state index contributed by atoms with van der Waals surface area (Å²) in [6.07, 6.45) is 3.37. The number of fused-ring (bicyclic) bond motifs is 2. The Kier molecular flexibility index (Phi) is 3.34. The van der Waals surface area contributed by atoms with E-state index in [2.05, 4.69) is 5.32 Å². The summed E-state index contributed by atoms with van der Waals surface area (Å²) in [7, 11) is 0. The molecular formula is C18H18FNO2. The maximum Gasteiger partial charge on any atom is 0.252 e. The van der Waals surface area contributed by atoms with Crippen LogP contribution in [0.5, 0.6) is 0 Å². The van der Waals surface area contributed by atoms with Crippen molar-refractivity contribution in [2.75, 3.05) is 6.61 Å². The number of amides is 1. The second-order valence-electron chi connectivity index (χ2n) is 6.17. The normalized spacial score (nSPS) is 27.0. The maximum absolute atomic E-state index is 13.8. The van der Waals surface area contributed by atoms with Crippen molar-refractivity contribution in [3.63, 3.8) is 0 Å². The lowest BCUT2D eigenvalue weighted by Crippen LogP contribution is -2.57. The summed E-state index contributed by atoms with van der Waals surface area (Å²) in [4.78, 5) is 12.6. The van der Waals surface area contributed by atoms with Gasteiger partial charge in [0.15, 0.2) is 0 Å². The molecule has 1 aliphatic carbocycles. The lowest BCUT2D eigenvalue weighted by molar-refractivity contribution is -0.100. The Labute approximate surface area is 128 Å². The van der Waals surface area contributed by atoms with E-state index in [0.29, 0.717) is 28.4 Å². The average molecular weight is 299 g/mol. The molecule has 1 saturated heterocycles. The highest BCUT2D eigenvalue weighted by Gasteiger charge is 2.44. The fraction of sp³-hybridized carbons (Fsp3) is 0.389. The van der Waals surface area contributed by atoms with Gasteiger partial charge in [-0.05, 0) is 36.8 Å². The number of hydrogen-bond acceptors (Lipinski definition) is 2. The molecule has 0 bridgehead atoms. The number of carbonyl (C=O) groups excluding carboxylic acids is 1. The Balaban J connectivity index is 1.57. The molecular weight excluding hydrogens is 281 g/mol. The quantitative estimate of drug-likeness (QED) is 0.924. The van der Waals surface area contributed by atoms with Crippen LogP contribution >= 0.6 is 0 Å². The minimum Gasteiger partial charge on any atom is -0.378 e. The SMILES string of the molecule is O=C(N[C@@H]1C[C@@H]2OCCC[C@H]21)c1ccc(F)c2ccccc12. The highest BCUT2D eigenvalue weighted by atomic mass is 19.1. The van der Waals surface area contributed by atoms with Gasteiger partial charge >= 0.3 is 0 Å². The van der Waals surface area contributed by atoms with Gasteiger partial charge < -0.3 is 10.1 Å². The minimum absolute atomic E-state index is 0.120. The highest BCUT2D eigenvalue weighted by Crippen LogP contribution is 2.38. The van der Waals surface area contributed by atoms with Gasteiger partial charge in [0, 0.05) is 29.5 Å². The molecule has 1 N–H and O–H groups in total. The van der Waals surface area contributed by atoms with Crippen molar-refractivity contribution < 1.29 is 13.9 Å². The predicted octanol–water partition coefficient (Wildman–Crippen LogP) is 3.28. The van der Waals surface area contributed by atoms with Crippen LogP contribution in [0.3, 0.4) is 0 Å². The van der Waals surface area contributed by atoms with E-state index in [0.717, 1.165) is 25.9 Å². The van der Waals surface area contributed by atoms with Crippen LogP contribution < -0.4 is 5.32 Å². The summed E-state index contributed by atoms with van der Waals surface area (Å²) in [5, 5.41) is 4.25. The number of ether oxygens (including phenoxy) is 1. The van der Waals surface area contributed by atoms with Crippen LogP contribution in [0.2, 0.25) is 0 Å². The second-order valence-corrected chi connectivity index (χ2v) is 6.17. The molecule has 22 heavy (non-hydrogen) atoms. The molecule has 114 valence electrons. The summed E-state index contributed by atoms with van der Waals surface area (Å²) in [5.41, 5.74) is 0.539. The smallest absolute Gasteiger partial charge is 0.252 e. The van der Waals surface area contributed by atoms with Crippen LogP contribution in [0.4, 0.5) is 4.39 Å². The van der Waals surface area contributed by atoms with Crippen LogP contribution in [0.15, 0.2) is 36.4 Å². The van der Waals surface area contributed by atoms with Crippen molar-refractivity contribution in [2.45, 2.75) is 31.4 Å². The zero-order valence-corrected chi connectivity index (χ0v) is 12.2. The fourth-order valence-corrected chi connectivity index (χ4v) is 3.67. The van der Waals surface area contributed by atoms with E-state index >= 15 is 0 Å². The zero-order valence-electron chi connectivity index (χ0n) is 12.2. The van der Waals surface area contributed by atoms with Gasteiger partial charge in [0.1, 0.15) is 5.82 Å². The van der Waals surface area contributed by atoms with E-state index in [-0.39, 0.29) is 17.8 Å². The molecule has 2 aromatic carbocycles. The predicted molar refractivity (Wildman–Crippen MR) is 82.2 cm³/mol. The molecule has 2 aromatic rings. The lowest BCUT2D eigenvalue weighted by atomic mass is 9.72. The van der Waals surface area contributed by atoms with E-state index in [1.165, 1.54) is 6.07 Å². The van der Waals surface area contributed by atoms with Crippen molar-refractivity contribution in [2.24, 2.45) is 5.92 Å². The van der Waals surface area contributed by atoms with Gasteiger partial charge in [-0.25, -0.2) is 4.39 Å². The van der Waals surface area contributed by atoms with Crippen LogP contribution in [0.25, 0.3) is 10.8 Å². The third-order valence-corrected chi connectivity index (χ3v) is 4.93. The van der Waals surface area contributed by atoms with Crippen molar-refractivity contribution in [1.29, 1.82) is 0 Å². The number of hydrogen-bond donors (Lipinski definition) is 1. The van der Waals surface area contributed by atoms with E-state index < -0.39 is 0 Å². The number of nitrogens with one attached hydrogen (secondary N) is 1. The summed E-state index contributed by atoms with van der Waals surface area (Å²) >= 11 is 0. The molecule has 1 amide bonds. The van der Waals surface area contributed by atoms with Crippen molar-refractivity contribution in [3.8, 4) is 0 Å². The van der Waals surface area contributed by atoms with E-state index in [1.807, 2.05) is 6.07 Å². The largest absolute Gasteiger partial charge is 0.378 e. The van der Waals surface area contributed by atoms with Crippen LogP contribution in [-0.4, -0.2) is 24.7 Å². The van der Waals surface area contributed by atoms with E-state index in [9.17, 15) is 9.18 Å². The van der Waals surface area contributed by atoms with Gasteiger partial charge in [-0.1, -0.05) is 24.3 Å². The van der Waals surface area contributed by atoms with Crippen LogP contribution in [0, 0.1) is 11.7 Å². The first-order valence-corrected chi connectivity index (χ1v) is 7.84. The Bertz CT molecular complexity index is 730.